The number of pyridine rings is 1. The Labute approximate surface area is 183 Å². The van der Waals surface area contributed by atoms with Crippen LogP contribution in [-0.4, -0.2) is 33.3 Å². The lowest BCUT2D eigenvalue weighted by Gasteiger charge is -2.26. The van der Waals surface area contributed by atoms with Gasteiger partial charge in [-0.25, -0.2) is 0 Å². The van der Waals surface area contributed by atoms with Gasteiger partial charge in [0.15, 0.2) is 0 Å². The Morgan fingerprint density at radius 1 is 1.13 bits per heavy atom. The predicted octanol–water partition coefficient (Wildman–Crippen LogP) is 4.06. The SMILES string of the molecule is N#C/C(=C\c1c(Oc2ccccc2Cl)nc2ccccn2c1=O)C(=O)N1CCCCC1. The number of hydrogen-bond donors (Lipinski definition) is 0. The maximum Gasteiger partial charge on any atom is 0.269 e. The molecule has 0 N–H and O–H groups in total. The van der Waals surface area contributed by atoms with E-state index in [2.05, 4.69) is 4.98 Å². The van der Waals surface area contributed by atoms with Crippen LogP contribution in [0.1, 0.15) is 24.8 Å². The number of likely N-dealkylation sites (tertiary alicyclic amines) is 1. The number of halogens is 1. The van der Waals surface area contributed by atoms with Gasteiger partial charge in [0, 0.05) is 19.3 Å². The third-order valence-electron chi connectivity index (χ3n) is 5.06. The summed E-state index contributed by atoms with van der Waals surface area (Å²) in [5, 5.41) is 10.0. The van der Waals surface area contributed by atoms with E-state index in [-0.39, 0.29) is 17.0 Å². The normalized spacial score (nSPS) is 14.3. The number of carbonyl (C=O) groups excluding carboxylic acids is 1. The molecule has 4 rings (SSSR count). The molecular weight excluding hydrogens is 416 g/mol. The monoisotopic (exact) mass is 434 g/mol. The topological polar surface area (TPSA) is 87.7 Å². The Morgan fingerprint density at radius 2 is 1.87 bits per heavy atom. The summed E-state index contributed by atoms with van der Waals surface area (Å²) in [6, 6.07) is 13.8. The van der Waals surface area contributed by atoms with Crippen molar-refractivity contribution in [1.82, 2.24) is 14.3 Å². The van der Waals surface area contributed by atoms with Crippen LogP contribution in [0.4, 0.5) is 0 Å². The standard InChI is InChI=1S/C23H19ClN4O3/c24-18-8-2-3-9-19(18)31-21-17(23(30)28-13-7-4-10-20(28)26-21)14-16(15-25)22(29)27-11-5-1-6-12-27/h2-4,7-10,13-14H,1,5-6,11-12H2/b16-14+. The van der Waals surface area contributed by atoms with E-state index < -0.39 is 11.5 Å². The van der Waals surface area contributed by atoms with Crippen molar-refractivity contribution < 1.29 is 9.53 Å². The second kappa shape index (κ2) is 9.02. The molecule has 7 nitrogen and oxygen atoms in total. The first-order valence-corrected chi connectivity index (χ1v) is 10.3. The fourth-order valence-corrected chi connectivity index (χ4v) is 3.64. The number of amides is 1. The molecule has 0 radical (unpaired) electrons. The molecule has 2 aromatic heterocycles. The van der Waals surface area contributed by atoms with Crippen LogP contribution in [0.15, 0.2) is 59.0 Å². The van der Waals surface area contributed by atoms with Gasteiger partial charge in [-0.2, -0.15) is 10.2 Å². The number of benzene rings is 1. The van der Waals surface area contributed by atoms with Crippen LogP contribution in [0, 0.1) is 11.3 Å². The Kier molecular flexibility index (Phi) is 6.01. The zero-order valence-corrected chi connectivity index (χ0v) is 17.4. The van der Waals surface area contributed by atoms with E-state index in [1.807, 2.05) is 6.07 Å². The largest absolute Gasteiger partial charge is 0.437 e. The summed E-state index contributed by atoms with van der Waals surface area (Å²) in [6.07, 6.45) is 5.68. The lowest BCUT2D eigenvalue weighted by atomic mass is 10.1. The first kappa shape index (κ1) is 20.6. The highest BCUT2D eigenvalue weighted by atomic mass is 35.5. The van der Waals surface area contributed by atoms with Crippen LogP contribution >= 0.6 is 11.6 Å². The van der Waals surface area contributed by atoms with Gasteiger partial charge in [0.25, 0.3) is 11.5 Å². The van der Waals surface area contributed by atoms with Gasteiger partial charge in [0.1, 0.15) is 28.6 Å². The highest BCUT2D eigenvalue weighted by Gasteiger charge is 2.22. The second-order valence-electron chi connectivity index (χ2n) is 7.12. The summed E-state index contributed by atoms with van der Waals surface area (Å²) >= 11 is 6.20. The Balaban J connectivity index is 1.84. The summed E-state index contributed by atoms with van der Waals surface area (Å²) in [7, 11) is 0. The average Bonchev–Trinajstić information content (AvgIpc) is 2.81. The molecule has 0 atom stereocenters. The van der Waals surface area contributed by atoms with E-state index in [0.717, 1.165) is 19.3 Å². The van der Waals surface area contributed by atoms with E-state index >= 15 is 0 Å². The number of carbonyl (C=O) groups is 1. The number of ether oxygens (including phenoxy) is 1. The summed E-state index contributed by atoms with van der Waals surface area (Å²) in [4.78, 5) is 32.2. The number of nitrogens with zero attached hydrogens (tertiary/aromatic N) is 4. The molecule has 0 bridgehead atoms. The van der Waals surface area contributed by atoms with Gasteiger partial charge in [-0.05, 0) is 49.6 Å². The smallest absolute Gasteiger partial charge is 0.269 e. The van der Waals surface area contributed by atoms with E-state index in [1.54, 1.807) is 53.6 Å². The van der Waals surface area contributed by atoms with E-state index in [9.17, 15) is 14.9 Å². The molecule has 1 saturated heterocycles. The third-order valence-corrected chi connectivity index (χ3v) is 5.37. The molecule has 31 heavy (non-hydrogen) atoms. The van der Waals surface area contributed by atoms with Gasteiger partial charge in [-0.3, -0.25) is 14.0 Å². The Bertz CT molecular complexity index is 1270. The maximum absolute atomic E-state index is 13.2. The van der Waals surface area contributed by atoms with Gasteiger partial charge in [-0.1, -0.05) is 29.8 Å². The molecule has 1 fully saturated rings. The number of fused-ring (bicyclic) bond motifs is 1. The van der Waals surface area contributed by atoms with Gasteiger partial charge >= 0.3 is 0 Å². The molecule has 8 heteroatoms. The van der Waals surface area contributed by atoms with Crippen molar-refractivity contribution in [3.05, 3.63) is 75.2 Å². The van der Waals surface area contributed by atoms with Crippen LogP contribution < -0.4 is 10.3 Å². The second-order valence-corrected chi connectivity index (χ2v) is 7.53. The molecule has 1 aromatic carbocycles. The summed E-state index contributed by atoms with van der Waals surface area (Å²) in [5.41, 5.74) is -0.217. The number of piperidine rings is 1. The van der Waals surface area contributed by atoms with E-state index in [0.29, 0.717) is 29.5 Å². The number of para-hydroxylation sites is 1. The summed E-state index contributed by atoms with van der Waals surface area (Å²) < 4.78 is 7.20. The molecule has 1 aliphatic rings. The van der Waals surface area contributed by atoms with Gasteiger partial charge in [0.05, 0.1) is 5.02 Å². The highest BCUT2D eigenvalue weighted by molar-refractivity contribution is 6.32. The lowest BCUT2D eigenvalue weighted by Crippen LogP contribution is -2.36. The molecule has 0 saturated carbocycles. The van der Waals surface area contributed by atoms with Gasteiger partial charge < -0.3 is 9.64 Å². The summed E-state index contributed by atoms with van der Waals surface area (Å²) in [6.45, 7) is 1.19. The lowest BCUT2D eigenvalue weighted by molar-refractivity contribution is -0.127. The van der Waals surface area contributed by atoms with Crippen molar-refractivity contribution in [3.8, 4) is 17.7 Å². The average molecular weight is 435 g/mol. The van der Waals surface area contributed by atoms with Crippen LogP contribution in [-0.2, 0) is 4.79 Å². The fourth-order valence-electron chi connectivity index (χ4n) is 3.47. The highest BCUT2D eigenvalue weighted by Crippen LogP contribution is 2.30. The van der Waals surface area contributed by atoms with E-state index in [4.69, 9.17) is 16.3 Å². The quantitative estimate of drug-likeness (QED) is 0.456. The minimum absolute atomic E-state index is 0.00512. The van der Waals surface area contributed by atoms with Gasteiger partial charge in [-0.15, -0.1) is 0 Å². The van der Waals surface area contributed by atoms with Crippen molar-refractivity contribution in [2.45, 2.75) is 19.3 Å². The fraction of sp³-hybridized carbons (Fsp3) is 0.217. The third kappa shape index (κ3) is 4.30. The Hall–Kier alpha value is -3.63. The number of hydrogen-bond acceptors (Lipinski definition) is 5. The minimum atomic E-state index is -0.452. The molecule has 3 aromatic rings. The molecule has 0 spiro atoms. The van der Waals surface area contributed by atoms with Crippen LogP contribution in [0.2, 0.25) is 5.02 Å². The van der Waals surface area contributed by atoms with Crippen molar-refractivity contribution >= 4 is 29.2 Å². The maximum atomic E-state index is 13.2. The molecule has 1 amide bonds. The molecular formula is C23H19ClN4O3. The van der Waals surface area contributed by atoms with E-state index in [1.165, 1.54) is 10.5 Å². The van der Waals surface area contributed by atoms with Crippen LogP contribution in [0.25, 0.3) is 11.7 Å². The van der Waals surface area contributed by atoms with Crippen molar-refractivity contribution in [3.63, 3.8) is 0 Å². The zero-order chi connectivity index (χ0) is 21.8. The molecule has 0 unspecified atom stereocenters. The molecule has 3 heterocycles. The van der Waals surface area contributed by atoms with Gasteiger partial charge in [0.2, 0.25) is 5.88 Å². The van der Waals surface area contributed by atoms with Crippen LogP contribution in [0.3, 0.4) is 0 Å². The summed E-state index contributed by atoms with van der Waals surface area (Å²) in [5.74, 6) is -0.112. The van der Waals surface area contributed by atoms with Crippen LogP contribution in [0.5, 0.6) is 11.6 Å². The molecule has 156 valence electrons. The minimum Gasteiger partial charge on any atom is -0.437 e. The number of aromatic nitrogens is 2. The Morgan fingerprint density at radius 3 is 2.61 bits per heavy atom. The van der Waals surface area contributed by atoms with Crippen molar-refractivity contribution in [1.29, 1.82) is 5.26 Å². The van der Waals surface area contributed by atoms with Crippen molar-refractivity contribution in [2.75, 3.05) is 13.1 Å². The first-order valence-electron chi connectivity index (χ1n) is 9.93. The number of nitriles is 1. The zero-order valence-electron chi connectivity index (χ0n) is 16.6. The molecule has 0 aliphatic carbocycles. The first-order chi connectivity index (χ1) is 15.1. The molecule has 1 aliphatic heterocycles. The predicted molar refractivity (Wildman–Crippen MR) is 117 cm³/mol. The van der Waals surface area contributed by atoms with Crippen molar-refractivity contribution in [2.24, 2.45) is 0 Å². The number of rotatable bonds is 4.